The van der Waals surface area contributed by atoms with Gasteiger partial charge in [0.15, 0.2) is 5.17 Å². The van der Waals surface area contributed by atoms with Gasteiger partial charge >= 0.3 is 0 Å². The third kappa shape index (κ3) is 2.75. The molecule has 1 aromatic carbocycles. The molecule has 1 aliphatic heterocycles. The van der Waals surface area contributed by atoms with Crippen LogP contribution in [0.1, 0.15) is 24.8 Å². The Kier molecular flexibility index (Phi) is 3.94. The van der Waals surface area contributed by atoms with E-state index in [0.29, 0.717) is 6.04 Å². The highest BCUT2D eigenvalue weighted by molar-refractivity contribution is 9.10. The first-order valence-corrected chi connectivity index (χ1v) is 8.28. The molecule has 1 aliphatic carbocycles. The highest BCUT2D eigenvalue weighted by Crippen LogP contribution is 2.33. The number of benzene rings is 1. The molecule has 1 heterocycles. The lowest BCUT2D eigenvalue weighted by molar-refractivity contribution is 0.489. The molecule has 2 aliphatic rings. The van der Waals surface area contributed by atoms with Crippen LogP contribution in [0.5, 0.6) is 0 Å². The summed E-state index contributed by atoms with van der Waals surface area (Å²) in [5.41, 5.74) is 1.25. The van der Waals surface area contributed by atoms with Gasteiger partial charge in [-0.25, -0.2) is 0 Å². The number of halogens is 1. The summed E-state index contributed by atoms with van der Waals surface area (Å²) in [7, 11) is 0. The zero-order chi connectivity index (χ0) is 12.4. The van der Waals surface area contributed by atoms with Crippen LogP contribution in [0.2, 0.25) is 0 Å². The molecule has 1 saturated carbocycles. The average molecular weight is 325 g/mol. The highest BCUT2D eigenvalue weighted by Gasteiger charge is 2.31. The van der Waals surface area contributed by atoms with Crippen molar-refractivity contribution in [2.45, 2.75) is 31.8 Å². The normalized spacial score (nSPS) is 29.1. The molecule has 1 saturated heterocycles. The Morgan fingerprint density at radius 3 is 3.11 bits per heavy atom. The SMILES string of the molecule is Brc1ccccc1CN=C1NC2CCCC2CS1. The van der Waals surface area contributed by atoms with Crippen LogP contribution in [0.4, 0.5) is 0 Å². The number of rotatable bonds is 2. The summed E-state index contributed by atoms with van der Waals surface area (Å²) in [6, 6.07) is 8.99. The molecule has 1 N–H and O–H groups in total. The second-order valence-electron chi connectivity index (χ2n) is 4.97. The number of nitrogens with one attached hydrogen (secondary N) is 1. The molecule has 3 rings (SSSR count). The van der Waals surface area contributed by atoms with Crippen molar-refractivity contribution in [1.82, 2.24) is 5.32 Å². The molecular weight excluding hydrogens is 308 g/mol. The molecule has 4 heteroatoms. The first-order chi connectivity index (χ1) is 8.83. The number of thioether (sulfide) groups is 1. The lowest BCUT2D eigenvalue weighted by atomic mass is 10.1. The van der Waals surface area contributed by atoms with Crippen LogP contribution in [0.3, 0.4) is 0 Å². The topological polar surface area (TPSA) is 24.4 Å². The van der Waals surface area contributed by atoms with E-state index in [4.69, 9.17) is 4.99 Å². The molecule has 0 bridgehead atoms. The zero-order valence-electron chi connectivity index (χ0n) is 10.2. The molecule has 2 atom stereocenters. The standard InChI is InChI=1S/C14H17BrN2S/c15-12-6-2-1-4-10(12)8-16-14-17-13-7-3-5-11(13)9-18-14/h1-2,4,6,11,13H,3,5,7-9H2,(H,16,17). The number of hydrogen-bond acceptors (Lipinski definition) is 2. The van der Waals surface area contributed by atoms with E-state index in [0.717, 1.165) is 22.1 Å². The minimum Gasteiger partial charge on any atom is -0.362 e. The molecular formula is C14H17BrN2S. The molecule has 0 aromatic heterocycles. The summed E-state index contributed by atoms with van der Waals surface area (Å²) < 4.78 is 1.15. The maximum Gasteiger partial charge on any atom is 0.157 e. The Balaban J connectivity index is 1.65. The Morgan fingerprint density at radius 2 is 2.22 bits per heavy atom. The van der Waals surface area contributed by atoms with Gasteiger partial charge in [-0.15, -0.1) is 0 Å². The van der Waals surface area contributed by atoms with E-state index in [1.54, 1.807) is 0 Å². The predicted molar refractivity (Wildman–Crippen MR) is 82.0 cm³/mol. The van der Waals surface area contributed by atoms with Gasteiger partial charge in [0.05, 0.1) is 6.54 Å². The fraction of sp³-hybridized carbons (Fsp3) is 0.500. The third-order valence-electron chi connectivity index (χ3n) is 3.75. The van der Waals surface area contributed by atoms with E-state index in [-0.39, 0.29) is 0 Å². The first kappa shape index (κ1) is 12.5. The fourth-order valence-corrected chi connectivity index (χ4v) is 4.26. The molecule has 0 spiro atoms. The van der Waals surface area contributed by atoms with E-state index in [9.17, 15) is 0 Å². The van der Waals surface area contributed by atoms with Gasteiger partial charge in [0.2, 0.25) is 0 Å². The minimum atomic E-state index is 0.684. The highest BCUT2D eigenvalue weighted by atomic mass is 79.9. The third-order valence-corrected chi connectivity index (χ3v) is 5.64. The van der Waals surface area contributed by atoms with Crippen LogP contribution in [0.25, 0.3) is 0 Å². The summed E-state index contributed by atoms with van der Waals surface area (Å²) in [5, 5.41) is 4.74. The van der Waals surface area contributed by atoms with Gasteiger partial charge in [0, 0.05) is 16.3 Å². The van der Waals surface area contributed by atoms with Gasteiger partial charge in [-0.2, -0.15) is 0 Å². The molecule has 2 nitrogen and oxygen atoms in total. The van der Waals surface area contributed by atoms with Crippen LogP contribution in [-0.2, 0) is 6.54 Å². The molecule has 0 radical (unpaired) electrons. The van der Waals surface area contributed by atoms with E-state index in [1.165, 1.54) is 30.6 Å². The van der Waals surface area contributed by atoms with Crippen molar-refractivity contribution in [3.05, 3.63) is 34.3 Å². The monoisotopic (exact) mass is 324 g/mol. The molecule has 2 unspecified atom stereocenters. The summed E-state index contributed by atoms with van der Waals surface area (Å²) in [6.45, 7) is 0.758. The Hall–Kier alpha value is -0.480. The van der Waals surface area contributed by atoms with E-state index in [2.05, 4.69) is 39.4 Å². The number of amidine groups is 1. The van der Waals surface area contributed by atoms with Crippen molar-refractivity contribution in [3.63, 3.8) is 0 Å². The Labute approximate surface area is 121 Å². The van der Waals surface area contributed by atoms with E-state index < -0.39 is 0 Å². The van der Waals surface area contributed by atoms with E-state index >= 15 is 0 Å². The lowest BCUT2D eigenvalue weighted by Crippen LogP contribution is -2.41. The smallest absolute Gasteiger partial charge is 0.157 e. The second kappa shape index (κ2) is 5.66. The summed E-state index contributed by atoms with van der Waals surface area (Å²) >= 11 is 5.46. The molecule has 2 fully saturated rings. The fourth-order valence-electron chi connectivity index (χ4n) is 2.69. The van der Waals surface area contributed by atoms with Gasteiger partial charge in [-0.3, -0.25) is 4.99 Å². The minimum absolute atomic E-state index is 0.684. The quantitative estimate of drug-likeness (QED) is 0.894. The van der Waals surface area contributed by atoms with Crippen molar-refractivity contribution in [2.75, 3.05) is 5.75 Å². The number of hydrogen-bond donors (Lipinski definition) is 1. The average Bonchev–Trinajstić information content (AvgIpc) is 2.85. The van der Waals surface area contributed by atoms with Crippen molar-refractivity contribution < 1.29 is 0 Å². The number of nitrogens with zero attached hydrogens (tertiary/aromatic N) is 1. The van der Waals surface area contributed by atoms with E-state index in [1.807, 2.05) is 17.8 Å². The summed E-state index contributed by atoms with van der Waals surface area (Å²) in [4.78, 5) is 4.71. The molecule has 1 aromatic rings. The van der Waals surface area contributed by atoms with Gasteiger partial charge < -0.3 is 5.32 Å². The van der Waals surface area contributed by atoms with Crippen molar-refractivity contribution >= 4 is 32.9 Å². The van der Waals surface area contributed by atoms with Crippen molar-refractivity contribution in [2.24, 2.45) is 10.9 Å². The maximum absolute atomic E-state index is 4.71. The van der Waals surface area contributed by atoms with Crippen LogP contribution in [0.15, 0.2) is 33.7 Å². The van der Waals surface area contributed by atoms with Crippen LogP contribution in [-0.4, -0.2) is 17.0 Å². The predicted octanol–water partition coefficient (Wildman–Crippen LogP) is 3.81. The molecule has 18 heavy (non-hydrogen) atoms. The van der Waals surface area contributed by atoms with Crippen LogP contribution < -0.4 is 5.32 Å². The zero-order valence-corrected chi connectivity index (χ0v) is 12.6. The van der Waals surface area contributed by atoms with Gasteiger partial charge in [0.25, 0.3) is 0 Å². The van der Waals surface area contributed by atoms with Gasteiger partial charge in [0.1, 0.15) is 0 Å². The maximum atomic E-state index is 4.71. The van der Waals surface area contributed by atoms with Crippen LogP contribution in [0, 0.1) is 5.92 Å². The molecule has 96 valence electrons. The first-order valence-electron chi connectivity index (χ1n) is 6.50. The van der Waals surface area contributed by atoms with Crippen LogP contribution >= 0.6 is 27.7 Å². The Morgan fingerprint density at radius 1 is 1.33 bits per heavy atom. The Bertz CT molecular complexity index is 461. The second-order valence-corrected chi connectivity index (χ2v) is 6.83. The summed E-state index contributed by atoms with van der Waals surface area (Å²) in [6.07, 6.45) is 4.09. The number of aliphatic imine (C=N–C) groups is 1. The number of fused-ring (bicyclic) bond motifs is 1. The van der Waals surface area contributed by atoms with Gasteiger partial charge in [-0.1, -0.05) is 52.3 Å². The van der Waals surface area contributed by atoms with Gasteiger partial charge in [-0.05, 0) is 30.4 Å². The lowest BCUT2D eigenvalue weighted by Gasteiger charge is -2.28. The van der Waals surface area contributed by atoms with Crippen molar-refractivity contribution in [1.29, 1.82) is 0 Å². The largest absolute Gasteiger partial charge is 0.362 e. The van der Waals surface area contributed by atoms with Crippen molar-refractivity contribution in [3.8, 4) is 0 Å². The molecule has 0 amide bonds. The summed E-state index contributed by atoms with van der Waals surface area (Å²) in [5.74, 6) is 2.12.